The molecular formula is C14H18ClNO3. The lowest BCUT2D eigenvalue weighted by Gasteiger charge is -2.16. The van der Waals surface area contributed by atoms with Crippen LogP contribution in [0.2, 0.25) is 5.02 Å². The molecular weight excluding hydrogens is 266 g/mol. The number of aliphatic hydroxyl groups is 1. The average molecular weight is 284 g/mol. The molecule has 0 radical (unpaired) electrons. The third kappa shape index (κ3) is 3.47. The van der Waals surface area contributed by atoms with Crippen LogP contribution in [0.1, 0.15) is 18.4 Å². The van der Waals surface area contributed by atoms with E-state index in [0.717, 1.165) is 18.4 Å². The van der Waals surface area contributed by atoms with Gasteiger partial charge in [0.15, 0.2) is 0 Å². The SMILES string of the molecule is O=C(NCCOCCO)C1(c2cccc(Cl)c2)CC1. The summed E-state index contributed by atoms with van der Waals surface area (Å²) in [6, 6.07) is 7.48. The minimum absolute atomic E-state index is 0.000395. The van der Waals surface area contributed by atoms with Gasteiger partial charge in [0.25, 0.3) is 0 Å². The van der Waals surface area contributed by atoms with Crippen molar-refractivity contribution in [2.24, 2.45) is 0 Å². The average Bonchev–Trinajstić information content (AvgIpc) is 3.20. The van der Waals surface area contributed by atoms with E-state index in [1.165, 1.54) is 0 Å². The zero-order valence-corrected chi connectivity index (χ0v) is 11.4. The van der Waals surface area contributed by atoms with Gasteiger partial charge in [-0.1, -0.05) is 23.7 Å². The second-order valence-electron chi connectivity index (χ2n) is 4.68. The molecule has 0 bridgehead atoms. The predicted octanol–water partition coefficient (Wildman–Crippen LogP) is 1.50. The Balaban J connectivity index is 1.88. The Hall–Kier alpha value is -1.10. The number of hydrogen-bond acceptors (Lipinski definition) is 3. The van der Waals surface area contributed by atoms with Crippen molar-refractivity contribution in [3.8, 4) is 0 Å². The first-order valence-corrected chi connectivity index (χ1v) is 6.80. The fourth-order valence-corrected chi connectivity index (χ4v) is 2.32. The second kappa shape index (κ2) is 6.37. The molecule has 0 aromatic heterocycles. The molecule has 1 amide bonds. The number of amides is 1. The Morgan fingerprint density at radius 3 is 2.84 bits per heavy atom. The minimum Gasteiger partial charge on any atom is -0.394 e. The summed E-state index contributed by atoms with van der Waals surface area (Å²) in [4.78, 5) is 12.2. The largest absolute Gasteiger partial charge is 0.394 e. The number of carbonyl (C=O) groups excluding carboxylic acids is 1. The normalized spacial score (nSPS) is 16.1. The highest BCUT2D eigenvalue weighted by atomic mass is 35.5. The first kappa shape index (κ1) is 14.3. The molecule has 104 valence electrons. The summed E-state index contributed by atoms with van der Waals surface area (Å²) in [5, 5.41) is 12.1. The molecule has 1 aromatic carbocycles. The van der Waals surface area contributed by atoms with Gasteiger partial charge in [0.05, 0.1) is 25.2 Å². The Morgan fingerprint density at radius 1 is 1.42 bits per heavy atom. The van der Waals surface area contributed by atoms with Gasteiger partial charge in [-0.05, 0) is 30.5 Å². The van der Waals surface area contributed by atoms with E-state index in [1.54, 1.807) is 0 Å². The van der Waals surface area contributed by atoms with Gasteiger partial charge in [-0.3, -0.25) is 4.79 Å². The lowest BCUT2D eigenvalue weighted by molar-refractivity contribution is -0.123. The molecule has 1 aliphatic rings. The summed E-state index contributed by atoms with van der Waals surface area (Å²) in [5.41, 5.74) is 0.579. The minimum atomic E-state index is -0.401. The Kier molecular flexibility index (Phi) is 4.80. The van der Waals surface area contributed by atoms with Gasteiger partial charge in [0.1, 0.15) is 0 Å². The summed E-state index contributed by atoms with van der Waals surface area (Å²) < 4.78 is 5.11. The van der Waals surface area contributed by atoms with E-state index in [0.29, 0.717) is 24.8 Å². The molecule has 19 heavy (non-hydrogen) atoms. The Bertz CT molecular complexity index is 446. The smallest absolute Gasteiger partial charge is 0.230 e. The maximum atomic E-state index is 12.2. The summed E-state index contributed by atoms with van der Waals surface area (Å²) in [5.74, 6) is 0.0300. The number of benzene rings is 1. The molecule has 5 heteroatoms. The van der Waals surface area contributed by atoms with Gasteiger partial charge in [-0.25, -0.2) is 0 Å². The van der Waals surface area contributed by atoms with Crippen LogP contribution in [0.25, 0.3) is 0 Å². The van der Waals surface area contributed by atoms with E-state index in [1.807, 2.05) is 24.3 Å². The van der Waals surface area contributed by atoms with Crippen LogP contribution >= 0.6 is 11.6 Å². The molecule has 2 N–H and O–H groups in total. The van der Waals surface area contributed by atoms with Gasteiger partial charge >= 0.3 is 0 Å². The molecule has 2 rings (SSSR count). The van der Waals surface area contributed by atoms with E-state index in [-0.39, 0.29) is 12.5 Å². The standard InChI is InChI=1S/C14H18ClNO3/c15-12-3-1-2-11(10-12)14(4-5-14)13(18)16-6-8-19-9-7-17/h1-3,10,17H,4-9H2,(H,16,18). The van der Waals surface area contributed by atoms with Gasteiger partial charge in [0.2, 0.25) is 5.91 Å². The van der Waals surface area contributed by atoms with E-state index in [4.69, 9.17) is 21.4 Å². The van der Waals surface area contributed by atoms with E-state index >= 15 is 0 Å². The first-order chi connectivity index (χ1) is 9.19. The van der Waals surface area contributed by atoms with Gasteiger partial charge in [-0.2, -0.15) is 0 Å². The topological polar surface area (TPSA) is 58.6 Å². The number of aliphatic hydroxyl groups excluding tert-OH is 1. The quantitative estimate of drug-likeness (QED) is 0.746. The van der Waals surface area contributed by atoms with Crippen molar-refractivity contribution in [2.75, 3.05) is 26.4 Å². The molecule has 0 atom stereocenters. The van der Waals surface area contributed by atoms with Crippen molar-refractivity contribution in [3.05, 3.63) is 34.9 Å². The van der Waals surface area contributed by atoms with Crippen LogP contribution in [-0.4, -0.2) is 37.4 Å². The van der Waals surface area contributed by atoms with E-state index < -0.39 is 5.41 Å². The zero-order valence-electron chi connectivity index (χ0n) is 10.7. The maximum Gasteiger partial charge on any atom is 0.230 e. The van der Waals surface area contributed by atoms with Crippen LogP contribution in [0, 0.1) is 0 Å². The van der Waals surface area contributed by atoms with Crippen molar-refractivity contribution in [2.45, 2.75) is 18.3 Å². The van der Waals surface area contributed by atoms with Gasteiger partial charge < -0.3 is 15.2 Å². The summed E-state index contributed by atoms with van der Waals surface area (Å²) in [7, 11) is 0. The van der Waals surface area contributed by atoms with E-state index in [9.17, 15) is 4.79 Å². The highest BCUT2D eigenvalue weighted by Gasteiger charge is 2.51. The summed E-state index contributed by atoms with van der Waals surface area (Å²) >= 11 is 5.97. The van der Waals surface area contributed by atoms with Crippen LogP contribution in [-0.2, 0) is 14.9 Å². The molecule has 0 heterocycles. The van der Waals surface area contributed by atoms with Gasteiger partial charge in [0, 0.05) is 11.6 Å². The summed E-state index contributed by atoms with van der Waals surface area (Å²) in [6.07, 6.45) is 1.72. The molecule has 4 nitrogen and oxygen atoms in total. The van der Waals surface area contributed by atoms with E-state index in [2.05, 4.69) is 5.32 Å². The molecule has 0 aliphatic heterocycles. The van der Waals surface area contributed by atoms with Crippen molar-refractivity contribution in [1.82, 2.24) is 5.32 Å². The molecule has 1 aromatic rings. The molecule has 1 saturated carbocycles. The third-order valence-corrected chi connectivity index (χ3v) is 3.56. The molecule has 1 fully saturated rings. The number of halogens is 1. The highest BCUT2D eigenvalue weighted by Crippen LogP contribution is 2.48. The van der Waals surface area contributed by atoms with Crippen LogP contribution in [0.3, 0.4) is 0 Å². The molecule has 0 spiro atoms. The lowest BCUT2D eigenvalue weighted by atomic mass is 9.95. The number of carbonyl (C=O) groups is 1. The number of rotatable bonds is 7. The van der Waals surface area contributed by atoms with Crippen LogP contribution in [0.15, 0.2) is 24.3 Å². The molecule has 0 unspecified atom stereocenters. The van der Waals surface area contributed by atoms with Gasteiger partial charge in [-0.15, -0.1) is 0 Å². The van der Waals surface area contributed by atoms with Crippen LogP contribution in [0.4, 0.5) is 0 Å². The fourth-order valence-electron chi connectivity index (χ4n) is 2.13. The number of ether oxygens (including phenoxy) is 1. The summed E-state index contributed by atoms with van der Waals surface area (Å²) in [6.45, 7) is 1.18. The zero-order chi connectivity index (χ0) is 13.7. The van der Waals surface area contributed by atoms with Crippen LogP contribution in [0.5, 0.6) is 0 Å². The van der Waals surface area contributed by atoms with Crippen molar-refractivity contribution < 1.29 is 14.6 Å². The fraction of sp³-hybridized carbons (Fsp3) is 0.500. The van der Waals surface area contributed by atoms with Crippen LogP contribution < -0.4 is 5.32 Å². The van der Waals surface area contributed by atoms with Crippen molar-refractivity contribution in [1.29, 1.82) is 0 Å². The second-order valence-corrected chi connectivity index (χ2v) is 5.12. The Labute approximate surface area is 117 Å². The number of nitrogens with one attached hydrogen (secondary N) is 1. The lowest BCUT2D eigenvalue weighted by Crippen LogP contribution is -2.36. The third-order valence-electron chi connectivity index (χ3n) is 3.33. The highest BCUT2D eigenvalue weighted by molar-refractivity contribution is 6.30. The predicted molar refractivity (Wildman–Crippen MR) is 73.3 cm³/mol. The molecule has 1 aliphatic carbocycles. The first-order valence-electron chi connectivity index (χ1n) is 6.42. The van der Waals surface area contributed by atoms with Crippen molar-refractivity contribution in [3.63, 3.8) is 0 Å². The number of hydrogen-bond donors (Lipinski definition) is 2. The molecule has 0 saturated heterocycles. The monoisotopic (exact) mass is 283 g/mol. The maximum absolute atomic E-state index is 12.2. The Morgan fingerprint density at radius 2 is 2.21 bits per heavy atom. The van der Waals surface area contributed by atoms with Crippen molar-refractivity contribution >= 4 is 17.5 Å².